The Morgan fingerprint density at radius 2 is 1.76 bits per heavy atom. The van der Waals surface area contributed by atoms with Crippen LogP contribution in [0.15, 0.2) is 54.6 Å². The van der Waals surface area contributed by atoms with Gasteiger partial charge in [0, 0.05) is 18.2 Å². The first-order valence-electron chi connectivity index (χ1n) is 8.21. The lowest BCUT2D eigenvalue weighted by molar-refractivity contribution is -0.384. The number of hydrogen-bond donors (Lipinski definition) is 1. The number of nitro benzene ring substituents is 1. The summed E-state index contributed by atoms with van der Waals surface area (Å²) in [5.74, 6) is 0.212. The smallest absolute Gasteiger partial charge is 0.269 e. The van der Waals surface area contributed by atoms with E-state index >= 15 is 0 Å². The molecule has 0 spiro atoms. The highest BCUT2D eigenvalue weighted by molar-refractivity contribution is 5.80. The molecule has 0 heterocycles. The third-order valence-electron chi connectivity index (χ3n) is 3.83. The molecule has 0 unspecified atom stereocenters. The Bertz CT molecular complexity index is 701. The van der Waals surface area contributed by atoms with Gasteiger partial charge in [-0.25, -0.2) is 0 Å². The summed E-state index contributed by atoms with van der Waals surface area (Å²) >= 11 is 0. The van der Waals surface area contributed by atoms with Gasteiger partial charge in [-0.15, -0.1) is 0 Å². The van der Waals surface area contributed by atoms with Crippen molar-refractivity contribution in [2.75, 3.05) is 0 Å². The van der Waals surface area contributed by atoms with Gasteiger partial charge in [-0.1, -0.05) is 30.3 Å². The van der Waals surface area contributed by atoms with Crippen LogP contribution in [0.1, 0.15) is 25.8 Å². The Kier molecular flexibility index (Phi) is 6.51. The second-order valence-corrected chi connectivity index (χ2v) is 5.95. The largest absolute Gasteiger partial charge is 0.481 e. The van der Waals surface area contributed by atoms with Crippen molar-refractivity contribution in [3.63, 3.8) is 0 Å². The van der Waals surface area contributed by atoms with Gasteiger partial charge in [0.15, 0.2) is 6.10 Å². The van der Waals surface area contributed by atoms with Crippen LogP contribution in [0.5, 0.6) is 5.75 Å². The van der Waals surface area contributed by atoms with E-state index < -0.39 is 11.0 Å². The van der Waals surface area contributed by atoms with Crippen LogP contribution in [-0.2, 0) is 11.2 Å². The van der Waals surface area contributed by atoms with Crippen LogP contribution in [-0.4, -0.2) is 23.0 Å². The molecule has 25 heavy (non-hydrogen) atoms. The fourth-order valence-electron chi connectivity index (χ4n) is 2.36. The lowest BCUT2D eigenvalue weighted by Gasteiger charge is -2.18. The van der Waals surface area contributed by atoms with E-state index in [1.165, 1.54) is 29.8 Å². The zero-order chi connectivity index (χ0) is 18.2. The molecular weight excluding hydrogens is 320 g/mol. The van der Waals surface area contributed by atoms with Crippen molar-refractivity contribution in [2.24, 2.45) is 0 Å². The molecule has 0 saturated heterocycles. The van der Waals surface area contributed by atoms with Crippen molar-refractivity contribution in [3.8, 4) is 5.75 Å². The lowest BCUT2D eigenvalue weighted by atomic mass is 10.1. The number of amides is 1. The van der Waals surface area contributed by atoms with Gasteiger partial charge in [0.1, 0.15) is 5.75 Å². The van der Waals surface area contributed by atoms with Gasteiger partial charge in [-0.3, -0.25) is 14.9 Å². The van der Waals surface area contributed by atoms with Crippen LogP contribution in [0.3, 0.4) is 0 Å². The Morgan fingerprint density at radius 1 is 1.12 bits per heavy atom. The molecule has 1 amide bonds. The zero-order valence-corrected chi connectivity index (χ0v) is 14.3. The number of nitro groups is 1. The van der Waals surface area contributed by atoms with E-state index in [1.54, 1.807) is 6.92 Å². The summed E-state index contributed by atoms with van der Waals surface area (Å²) in [6.45, 7) is 3.61. The number of aryl methyl sites for hydroxylation is 1. The second kappa shape index (κ2) is 8.82. The second-order valence-electron chi connectivity index (χ2n) is 5.95. The van der Waals surface area contributed by atoms with Crippen molar-refractivity contribution < 1.29 is 14.5 Å². The maximum atomic E-state index is 12.2. The molecule has 0 aliphatic rings. The first kappa shape index (κ1) is 18.4. The molecule has 2 rings (SSSR count). The Morgan fingerprint density at radius 3 is 2.36 bits per heavy atom. The van der Waals surface area contributed by atoms with Gasteiger partial charge < -0.3 is 10.1 Å². The van der Waals surface area contributed by atoms with Gasteiger partial charge in [0.25, 0.3) is 11.6 Å². The van der Waals surface area contributed by atoms with Crippen LogP contribution < -0.4 is 10.1 Å². The highest BCUT2D eigenvalue weighted by Gasteiger charge is 2.17. The summed E-state index contributed by atoms with van der Waals surface area (Å²) in [6.07, 6.45) is 1.04. The molecule has 0 aromatic heterocycles. The minimum Gasteiger partial charge on any atom is -0.481 e. The Hall–Kier alpha value is -2.89. The fourth-order valence-corrected chi connectivity index (χ4v) is 2.36. The third-order valence-corrected chi connectivity index (χ3v) is 3.83. The van der Waals surface area contributed by atoms with Crippen LogP contribution >= 0.6 is 0 Å². The first-order valence-corrected chi connectivity index (χ1v) is 8.21. The SMILES string of the molecule is C[C@H](CCc1ccccc1)NC(=O)[C@@H](C)Oc1ccc([N+](=O)[O-])cc1. The summed E-state index contributed by atoms with van der Waals surface area (Å²) in [4.78, 5) is 22.4. The van der Waals surface area contributed by atoms with E-state index in [0.29, 0.717) is 5.75 Å². The third kappa shape index (κ3) is 5.91. The average Bonchev–Trinajstić information content (AvgIpc) is 2.61. The number of ether oxygens (including phenoxy) is 1. The van der Waals surface area contributed by atoms with Crippen molar-refractivity contribution in [2.45, 2.75) is 38.8 Å². The predicted octanol–water partition coefficient (Wildman–Crippen LogP) is 3.50. The number of non-ortho nitro benzene ring substituents is 1. The minimum atomic E-state index is -0.680. The molecule has 2 aromatic carbocycles. The first-order chi connectivity index (χ1) is 12.0. The molecule has 6 heteroatoms. The fraction of sp³-hybridized carbons (Fsp3) is 0.316. The molecule has 0 bridgehead atoms. The molecule has 132 valence electrons. The van der Waals surface area contributed by atoms with E-state index in [1.807, 2.05) is 25.1 Å². The van der Waals surface area contributed by atoms with Crippen molar-refractivity contribution >= 4 is 11.6 Å². The number of rotatable bonds is 8. The monoisotopic (exact) mass is 342 g/mol. The summed E-state index contributed by atoms with van der Waals surface area (Å²) < 4.78 is 5.54. The topological polar surface area (TPSA) is 81.5 Å². The summed E-state index contributed by atoms with van der Waals surface area (Å²) in [5, 5.41) is 13.6. The average molecular weight is 342 g/mol. The molecule has 0 saturated carbocycles. The summed E-state index contributed by atoms with van der Waals surface area (Å²) in [5.41, 5.74) is 1.22. The van der Waals surface area contributed by atoms with E-state index in [0.717, 1.165) is 12.8 Å². The molecule has 0 radical (unpaired) electrons. The van der Waals surface area contributed by atoms with Crippen LogP contribution in [0, 0.1) is 10.1 Å². The van der Waals surface area contributed by atoms with Crippen molar-refractivity contribution in [3.05, 3.63) is 70.3 Å². The van der Waals surface area contributed by atoms with Crippen LogP contribution in [0.4, 0.5) is 5.69 Å². The number of carbonyl (C=O) groups is 1. The lowest BCUT2D eigenvalue weighted by Crippen LogP contribution is -2.41. The maximum Gasteiger partial charge on any atom is 0.269 e. The number of nitrogens with zero attached hydrogens (tertiary/aromatic N) is 1. The molecular formula is C19H22N2O4. The molecule has 0 fully saturated rings. The molecule has 1 N–H and O–H groups in total. The van der Waals surface area contributed by atoms with E-state index in [9.17, 15) is 14.9 Å². The van der Waals surface area contributed by atoms with E-state index in [-0.39, 0.29) is 17.6 Å². The number of benzene rings is 2. The molecule has 6 nitrogen and oxygen atoms in total. The predicted molar refractivity (Wildman–Crippen MR) is 95.6 cm³/mol. The van der Waals surface area contributed by atoms with Gasteiger partial charge in [-0.2, -0.15) is 0 Å². The zero-order valence-electron chi connectivity index (χ0n) is 14.3. The standard InChI is InChI=1S/C19H22N2O4/c1-14(8-9-16-6-4-3-5-7-16)20-19(22)15(2)25-18-12-10-17(11-13-18)21(23)24/h3-7,10-15H,8-9H2,1-2H3,(H,20,22)/t14-,15-/m1/s1. The minimum absolute atomic E-state index is 0.0148. The highest BCUT2D eigenvalue weighted by Crippen LogP contribution is 2.18. The number of hydrogen-bond acceptors (Lipinski definition) is 4. The summed E-state index contributed by atoms with van der Waals surface area (Å²) in [6, 6.07) is 15.8. The number of nitrogens with one attached hydrogen (secondary N) is 1. The summed E-state index contributed by atoms with van der Waals surface area (Å²) in [7, 11) is 0. The number of carbonyl (C=O) groups excluding carboxylic acids is 1. The molecule has 0 aliphatic carbocycles. The van der Waals surface area contributed by atoms with Crippen molar-refractivity contribution in [1.82, 2.24) is 5.32 Å². The van der Waals surface area contributed by atoms with Crippen LogP contribution in [0.25, 0.3) is 0 Å². The van der Waals surface area contributed by atoms with Gasteiger partial charge in [-0.05, 0) is 44.4 Å². The highest BCUT2D eigenvalue weighted by atomic mass is 16.6. The van der Waals surface area contributed by atoms with E-state index in [2.05, 4.69) is 17.4 Å². The normalized spacial score (nSPS) is 12.9. The van der Waals surface area contributed by atoms with Gasteiger partial charge >= 0.3 is 0 Å². The van der Waals surface area contributed by atoms with Gasteiger partial charge in [0.05, 0.1) is 4.92 Å². The van der Waals surface area contributed by atoms with Crippen molar-refractivity contribution in [1.29, 1.82) is 0 Å². The van der Waals surface area contributed by atoms with Crippen LogP contribution in [0.2, 0.25) is 0 Å². The molecule has 2 aromatic rings. The quantitative estimate of drug-likeness (QED) is 0.588. The molecule has 0 aliphatic heterocycles. The molecule has 2 atom stereocenters. The Balaban J connectivity index is 1.79. The van der Waals surface area contributed by atoms with Gasteiger partial charge in [0.2, 0.25) is 0 Å². The Labute approximate surface area is 147 Å². The van der Waals surface area contributed by atoms with E-state index in [4.69, 9.17) is 4.74 Å². The maximum absolute atomic E-state index is 12.2.